The summed E-state index contributed by atoms with van der Waals surface area (Å²) in [5.41, 5.74) is 4.00. The van der Waals surface area contributed by atoms with Gasteiger partial charge in [-0.15, -0.1) is 5.10 Å². The second-order valence-electron chi connectivity index (χ2n) is 8.28. The molecule has 1 N–H and O–H groups in total. The molecule has 9 nitrogen and oxygen atoms in total. The zero-order valence-electron chi connectivity index (χ0n) is 19.2. The van der Waals surface area contributed by atoms with Crippen LogP contribution in [0.5, 0.6) is 5.75 Å². The van der Waals surface area contributed by atoms with Gasteiger partial charge in [0.05, 0.1) is 6.61 Å². The highest BCUT2D eigenvalue weighted by atomic mass is 16.5. The van der Waals surface area contributed by atoms with Crippen LogP contribution in [0.3, 0.4) is 0 Å². The Morgan fingerprint density at radius 3 is 2.65 bits per heavy atom. The fourth-order valence-electron chi connectivity index (χ4n) is 4.25. The van der Waals surface area contributed by atoms with Gasteiger partial charge in [-0.25, -0.2) is 18.9 Å². The first-order chi connectivity index (χ1) is 16.5. The van der Waals surface area contributed by atoms with E-state index in [1.165, 1.54) is 20.2 Å². The number of amides is 1. The van der Waals surface area contributed by atoms with Crippen LogP contribution in [0.2, 0.25) is 0 Å². The Morgan fingerprint density at radius 2 is 1.88 bits per heavy atom. The molecule has 0 unspecified atom stereocenters. The predicted molar refractivity (Wildman–Crippen MR) is 129 cm³/mol. The van der Waals surface area contributed by atoms with E-state index in [4.69, 9.17) is 4.74 Å². The highest BCUT2D eigenvalue weighted by molar-refractivity contribution is 5.90. The molecule has 1 aliphatic rings. The van der Waals surface area contributed by atoms with Crippen LogP contribution < -0.4 is 20.6 Å². The van der Waals surface area contributed by atoms with Crippen molar-refractivity contribution in [3.05, 3.63) is 81.9 Å². The van der Waals surface area contributed by atoms with Crippen LogP contribution in [0, 0.1) is 6.92 Å². The lowest BCUT2D eigenvalue weighted by molar-refractivity contribution is -0.117. The number of nitrogens with one attached hydrogen (secondary N) is 1. The zero-order valence-corrected chi connectivity index (χ0v) is 19.2. The maximum absolute atomic E-state index is 13.3. The van der Waals surface area contributed by atoms with E-state index in [2.05, 4.69) is 32.4 Å². The van der Waals surface area contributed by atoms with Gasteiger partial charge in [0.1, 0.15) is 12.3 Å². The molecular formula is C25H26N6O3. The number of aromatic nitrogens is 4. The number of hydrogen-bond donors (Lipinski definition) is 1. The van der Waals surface area contributed by atoms with E-state index >= 15 is 0 Å². The van der Waals surface area contributed by atoms with Gasteiger partial charge >= 0.3 is 5.69 Å². The van der Waals surface area contributed by atoms with Crippen LogP contribution in [-0.4, -0.2) is 38.2 Å². The number of nitrogens with zero attached hydrogens (tertiary/aromatic N) is 5. The lowest BCUT2D eigenvalue weighted by Gasteiger charge is -2.29. The summed E-state index contributed by atoms with van der Waals surface area (Å²) in [6, 6.07) is 17.2. The fraction of sp³-hybridized carbons (Fsp3) is 0.280. The number of ether oxygens (including phenoxy) is 1. The Morgan fingerprint density at radius 1 is 1.12 bits per heavy atom. The maximum atomic E-state index is 13.3. The minimum Gasteiger partial charge on any atom is -0.494 e. The average molecular weight is 459 g/mol. The topological polar surface area (TPSA) is 93.8 Å². The van der Waals surface area contributed by atoms with E-state index in [0.717, 1.165) is 24.4 Å². The third-order valence-electron chi connectivity index (χ3n) is 5.83. The molecule has 0 bridgehead atoms. The van der Waals surface area contributed by atoms with Crippen molar-refractivity contribution < 1.29 is 9.53 Å². The highest BCUT2D eigenvalue weighted by Gasteiger charge is 2.22. The molecule has 4 aromatic rings. The minimum absolute atomic E-state index is 0.199. The van der Waals surface area contributed by atoms with E-state index in [9.17, 15) is 9.59 Å². The van der Waals surface area contributed by atoms with Crippen molar-refractivity contribution in [1.82, 2.24) is 19.2 Å². The molecule has 0 saturated heterocycles. The maximum Gasteiger partial charge on any atom is 0.353 e. The molecule has 34 heavy (non-hydrogen) atoms. The first-order valence-electron chi connectivity index (χ1n) is 11.3. The second-order valence-corrected chi connectivity index (χ2v) is 8.28. The minimum atomic E-state index is -0.391. The molecule has 9 heteroatoms. The van der Waals surface area contributed by atoms with Gasteiger partial charge in [-0.05, 0) is 55.7 Å². The van der Waals surface area contributed by atoms with Crippen molar-refractivity contribution in [2.45, 2.75) is 33.4 Å². The Kier molecular flexibility index (Phi) is 5.75. The summed E-state index contributed by atoms with van der Waals surface area (Å²) in [4.78, 5) is 32.6. The van der Waals surface area contributed by atoms with Gasteiger partial charge in [0.2, 0.25) is 11.9 Å². The molecule has 2 aromatic heterocycles. The summed E-state index contributed by atoms with van der Waals surface area (Å²) in [6.45, 7) is 5.58. The van der Waals surface area contributed by atoms with Crippen LogP contribution in [0.25, 0.3) is 5.65 Å². The molecular weight excluding hydrogens is 432 g/mol. The van der Waals surface area contributed by atoms with Gasteiger partial charge < -0.3 is 15.0 Å². The summed E-state index contributed by atoms with van der Waals surface area (Å²) in [6.07, 6.45) is 0.876. The van der Waals surface area contributed by atoms with E-state index in [1.54, 1.807) is 30.3 Å². The van der Waals surface area contributed by atoms with Gasteiger partial charge in [0.15, 0.2) is 5.65 Å². The molecule has 0 fully saturated rings. The van der Waals surface area contributed by atoms with Gasteiger partial charge in [-0.3, -0.25) is 4.79 Å². The average Bonchev–Trinajstić information content (AvgIpc) is 3.14. The molecule has 1 aliphatic heterocycles. The quantitative estimate of drug-likeness (QED) is 0.478. The zero-order chi connectivity index (χ0) is 23.7. The van der Waals surface area contributed by atoms with Crippen LogP contribution >= 0.6 is 0 Å². The molecule has 174 valence electrons. The van der Waals surface area contributed by atoms with E-state index in [-0.39, 0.29) is 12.5 Å². The first kappa shape index (κ1) is 21.7. The monoisotopic (exact) mass is 458 g/mol. The van der Waals surface area contributed by atoms with Crippen molar-refractivity contribution in [2.24, 2.45) is 0 Å². The molecule has 0 radical (unpaired) electrons. The molecule has 0 saturated carbocycles. The molecule has 0 atom stereocenters. The van der Waals surface area contributed by atoms with Gasteiger partial charge in [0.25, 0.3) is 0 Å². The second kappa shape index (κ2) is 9.01. The van der Waals surface area contributed by atoms with Crippen LogP contribution in [0.15, 0.2) is 59.4 Å². The van der Waals surface area contributed by atoms with Gasteiger partial charge in [-0.1, -0.05) is 24.3 Å². The van der Waals surface area contributed by atoms with Crippen LogP contribution in [0.1, 0.15) is 23.7 Å². The van der Waals surface area contributed by atoms with Crippen molar-refractivity contribution in [2.75, 3.05) is 23.4 Å². The Bertz CT molecular complexity index is 1410. The number of hydrogen-bond acceptors (Lipinski definition) is 6. The number of rotatable bonds is 6. The first-order valence-corrected chi connectivity index (χ1v) is 11.3. The normalized spacial score (nSPS) is 13.1. The van der Waals surface area contributed by atoms with Crippen molar-refractivity contribution in [3.8, 4) is 5.75 Å². The number of fused-ring (bicyclic) bond motifs is 2. The van der Waals surface area contributed by atoms with E-state index < -0.39 is 5.69 Å². The standard InChI is InChI=1S/C25H26N6O3/c1-3-34-21-10-8-20(9-11-21)27-23(32)16-30-25(33)31-22(28-30)14-17(2)26-24(31)29-13-12-18-6-4-5-7-19(18)15-29/h4-11,14H,3,12-13,15-16H2,1-2H3,(H,27,32). The molecule has 5 rings (SSSR count). The Hall–Kier alpha value is -4.14. The molecule has 1 amide bonds. The van der Waals surface area contributed by atoms with Gasteiger partial charge in [0, 0.05) is 30.5 Å². The van der Waals surface area contributed by atoms with Crippen molar-refractivity contribution >= 4 is 23.2 Å². The predicted octanol–water partition coefficient (Wildman–Crippen LogP) is 2.80. The molecule has 0 spiro atoms. The lowest BCUT2D eigenvalue weighted by Crippen LogP contribution is -2.35. The highest BCUT2D eigenvalue weighted by Crippen LogP contribution is 2.23. The van der Waals surface area contributed by atoms with E-state index in [1.807, 2.05) is 26.0 Å². The summed E-state index contributed by atoms with van der Waals surface area (Å²) < 4.78 is 8.09. The third kappa shape index (κ3) is 4.24. The SMILES string of the molecule is CCOc1ccc(NC(=O)Cn2nc3cc(C)nc(N4CCc5ccccc5C4)n3c2=O)cc1. The number of carbonyl (C=O) groups excluding carboxylic acids is 1. The molecule has 0 aliphatic carbocycles. The van der Waals surface area contributed by atoms with E-state index in [0.29, 0.717) is 30.4 Å². The Balaban J connectivity index is 1.40. The summed E-state index contributed by atoms with van der Waals surface area (Å²) in [5.74, 6) is 0.938. The largest absolute Gasteiger partial charge is 0.494 e. The molecule has 2 aromatic carbocycles. The van der Waals surface area contributed by atoms with Crippen molar-refractivity contribution in [1.29, 1.82) is 0 Å². The lowest BCUT2D eigenvalue weighted by atomic mass is 10.0. The van der Waals surface area contributed by atoms with Crippen LogP contribution in [0.4, 0.5) is 11.6 Å². The van der Waals surface area contributed by atoms with Crippen molar-refractivity contribution in [3.63, 3.8) is 0 Å². The smallest absolute Gasteiger partial charge is 0.353 e. The number of anilines is 2. The number of benzene rings is 2. The van der Waals surface area contributed by atoms with Gasteiger partial charge in [-0.2, -0.15) is 0 Å². The Labute approximate surface area is 196 Å². The summed E-state index contributed by atoms with van der Waals surface area (Å²) in [5, 5.41) is 7.21. The summed E-state index contributed by atoms with van der Waals surface area (Å²) in [7, 11) is 0. The third-order valence-corrected chi connectivity index (χ3v) is 5.83. The number of carbonyl (C=O) groups is 1. The van der Waals surface area contributed by atoms with Crippen LogP contribution in [-0.2, 0) is 24.3 Å². The summed E-state index contributed by atoms with van der Waals surface area (Å²) >= 11 is 0. The fourth-order valence-corrected chi connectivity index (χ4v) is 4.25. The number of aryl methyl sites for hydroxylation is 1. The molecule has 3 heterocycles.